The Balaban J connectivity index is 1.37. The van der Waals surface area contributed by atoms with Crippen LogP contribution < -0.4 is 15.0 Å². The second kappa shape index (κ2) is 7.46. The Kier molecular flexibility index (Phi) is 4.85. The van der Waals surface area contributed by atoms with Crippen LogP contribution in [0.5, 0.6) is 5.75 Å². The predicted octanol–water partition coefficient (Wildman–Crippen LogP) is 1.55. The van der Waals surface area contributed by atoms with Crippen molar-refractivity contribution in [2.24, 2.45) is 5.41 Å². The lowest BCUT2D eigenvalue weighted by Gasteiger charge is -2.36. The summed E-state index contributed by atoms with van der Waals surface area (Å²) in [5.41, 5.74) is -0.262. The van der Waals surface area contributed by atoms with Crippen molar-refractivity contribution < 1.29 is 14.3 Å². The Morgan fingerprint density at radius 3 is 2.25 bits per heavy atom. The lowest BCUT2D eigenvalue weighted by atomic mass is 10.0. The molecule has 146 valence electrons. The fraction of sp³-hybridized carbons (Fsp3) is 0.400. The Morgan fingerprint density at radius 1 is 1.04 bits per heavy atom. The van der Waals surface area contributed by atoms with Gasteiger partial charge in [-0.05, 0) is 43.2 Å². The molecule has 4 rings (SSSR count). The van der Waals surface area contributed by atoms with Crippen LogP contribution in [0.3, 0.4) is 0 Å². The first-order valence-electron chi connectivity index (χ1n) is 9.39. The summed E-state index contributed by atoms with van der Waals surface area (Å²) in [4.78, 5) is 38.2. The van der Waals surface area contributed by atoms with Crippen LogP contribution in [0.25, 0.3) is 0 Å². The Bertz CT molecular complexity index is 844. The zero-order valence-electron chi connectivity index (χ0n) is 15.8. The number of carbonyl (C=O) groups excluding carboxylic acids is 2. The summed E-state index contributed by atoms with van der Waals surface area (Å²) in [6.45, 7) is 2.45. The molecule has 2 aromatic rings. The average molecular weight is 381 g/mol. The maximum Gasteiger partial charge on any atom is 0.240 e. The van der Waals surface area contributed by atoms with Crippen molar-refractivity contribution in [3.63, 3.8) is 0 Å². The SMILES string of the molecule is COc1ccc(NC(=O)C2(C(=O)N3CCN(c4ncccn4)CC3)CC2)cc1. The normalized spacial score (nSPS) is 17.8. The molecule has 2 fully saturated rings. The second-order valence-electron chi connectivity index (χ2n) is 7.09. The van der Waals surface area contributed by atoms with Gasteiger partial charge in [-0.25, -0.2) is 9.97 Å². The van der Waals surface area contributed by atoms with E-state index in [9.17, 15) is 9.59 Å². The van der Waals surface area contributed by atoms with Crippen LogP contribution in [0.1, 0.15) is 12.8 Å². The van der Waals surface area contributed by atoms with Crippen molar-refractivity contribution in [3.8, 4) is 5.75 Å². The van der Waals surface area contributed by atoms with Gasteiger partial charge in [0.25, 0.3) is 0 Å². The van der Waals surface area contributed by atoms with Gasteiger partial charge < -0.3 is 19.9 Å². The first-order chi connectivity index (χ1) is 13.6. The number of piperazine rings is 1. The molecule has 0 unspecified atom stereocenters. The topological polar surface area (TPSA) is 87.7 Å². The molecule has 2 heterocycles. The summed E-state index contributed by atoms with van der Waals surface area (Å²) in [6.07, 6.45) is 4.61. The smallest absolute Gasteiger partial charge is 0.240 e. The minimum atomic E-state index is -0.925. The molecule has 1 saturated heterocycles. The van der Waals surface area contributed by atoms with Gasteiger partial charge in [0.05, 0.1) is 7.11 Å². The van der Waals surface area contributed by atoms with Gasteiger partial charge in [-0.2, -0.15) is 0 Å². The number of hydrogen-bond acceptors (Lipinski definition) is 6. The molecule has 1 saturated carbocycles. The van der Waals surface area contributed by atoms with Crippen LogP contribution in [0.15, 0.2) is 42.7 Å². The van der Waals surface area contributed by atoms with Crippen LogP contribution in [-0.2, 0) is 9.59 Å². The summed E-state index contributed by atoms with van der Waals surface area (Å²) in [5, 5.41) is 2.88. The molecule has 2 amide bonds. The maximum atomic E-state index is 13.1. The van der Waals surface area contributed by atoms with Crippen LogP contribution >= 0.6 is 0 Å². The van der Waals surface area contributed by atoms with E-state index in [1.54, 1.807) is 54.7 Å². The van der Waals surface area contributed by atoms with Gasteiger partial charge >= 0.3 is 0 Å². The van der Waals surface area contributed by atoms with Crippen LogP contribution in [0, 0.1) is 5.41 Å². The Labute approximate surface area is 163 Å². The molecule has 8 nitrogen and oxygen atoms in total. The van der Waals surface area contributed by atoms with Crippen molar-refractivity contribution in [2.75, 3.05) is 43.5 Å². The van der Waals surface area contributed by atoms with E-state index in [0.29, 0.717) is 50.7 Å². The van der Waals surface area contributed by atoms with E-state index >= 15 is 0 Å². The van der Waals surface area contributed by atoms with Gasteiger partial charge in [-0.3, -0.25) is 9.59 Å². The highest BCUT2D eigenvalue weighted by atomic mass is 16.5. The number of amides is 2. The molecule has 1 aliphatic carbocycles. The quantitative estimate of drug-likeness (QED) is 0.791. The van der Waals surface area contributed by atoms with Crippen LogP contribution in [0.4, 0.5) is 11.6 Å². The third-order valence-corrected chi connectivity index (χ3v) is 5.34. The average Bonchev–Trinajstić information content (AvgIpc) is 3.57. The monoisotopic (exact) mass is 381 g/mol. The molecule has 1 aliphatic heterocycles. The van der Waals surface area contributed by atoms with Gasteiger partial charge in [-0.1, -0.05) is 0 Å². The zero-order chi connectivity index (χ0) is 19.6. The summed E-state index contributed by atoms with van der Waals surface area (Å²) in [5.74, 6) is 1.09. The van der Waals surface area contributed by atoms with E-state index in [2.05, 4.69) is 20.2 Å². The van der Waals surface area contributed by atoms with E-state index in [1.807, 2.05) is 0 Å². The van der Waals surface area contributed by atoms with Crippen molar-refractivity contribution in [3.05, 3.63) is 42.7 Å². The number of rotatable bonds is 5. The Morgan fingerprint density at radius 2 is 1.68 bits per heavy atom. The van der Waals surface area contributed by atoms with Crippen molar-refractivity contribution in [1.29, 1.82) is 0 Å². The van der Waals surface area contributed by atoms with Crippen LogP contribution in [0.2, 0.25) is 0 Å². The lowest BCUT2D eigenvalue weighted by Crippen LogP contribution is -2.53. The van der Waals surface area contributed by atoms with Crippen LogP contribution in [-0.4, -0.2) is 60.0 Å². The molecule has 0 bridgehead atoms. The number of hydrogen-bond donors (Lipinski definition) is 1. The number of carbonyl (C=O) groups is 2. The van der Waals surface area contributed by atoms with Gasteiger partial charge in [-0.15, -0.1) is 0 Å². The summed E-state index contributed by atoms with van der Waals surface area (Å²) in [6, 6.07) is 8.89. The minimum Gasteiger partial charge on any atom is -0.497 e. The summed E-state index contributed by atoms with van der Waals surface area (Å²) < 4.78 is 5.13. The van der Waals surface area contributed by atoms with E-state index in [-0.39, 0.29) is 11.8 Å². The van der Waals surface area contributed by atoms with Gasteiger partial charge in [0, 0.05) is 44.3 Å². The predicted molar refractivity (Wildman–Crippen MR) is 104 cm³/mol. The fourth-order valence-corrected chi connectivity index (χ4v) is 3.45. The van der Waals surface area contributed by atoms with E-state index < -0.39 is 5.41 Å². The van der Waals surface area contributed by atoms with E-state index in [1.165, 1.54) is 0 Å². The van der Waals surface area contributed by atoms with E-state index in [0.717, 1.165) is 5.75 Å². The number of ether oxygens (including phenoxy) is 1. The van der Waals surface area contributed by atoms with E-state index in [4.69, 9.17) is 4.74 Å². The summed E-state index contributed by atoms with van der Waals surface area (Å²) in [7, 11) is 1.59. The molecule has 2 aliphatic rings. The molecule has 1 N–H and O–H groups in total. The number of aromatic nitrogens is 2. The molecule has 0 radical (unpaired) electrons. The number of nitrogens with zero attached hydrogens (tertiary/aromatic N) is 4. The van der Waals surface area contributed by atoms with Gasteiger partial charge in [0.1, 0.15) is 11.2 Å². The zero-order valence-corrected chi connectivity index (χ0v) is 15.8. The third-order valence-electron chi connectivity index (χ3n) is 5.34. The molecular formula is C20H23N5O3. The number of anilines is 2. The van der Waals surface area contributed by atoms with Crippen molar-refractivity contribution >= 4 is 23.5 Å². The first kappa shape index (κ1) is 18.2. The number of methoxy groups -OCH3 is 1. The standard InChI is InChI=1S/C20H23N5O3/c1-28-16-5-3-15(4-6-16)23-17(26)20(7-8-20)18(27)24-11-13-25(14-12-24)19-21-9-2-10-22-19/h2-6,9-10H,7-8,11-14H2,1H3,(H,23,26). The molecule has 1 aromatic heterocycles. The molecule has 0 atom stereocenters. The molecule has 0 spiro atoms. The van der Waals surface area contributed by atoms with Crippen molar-refractivity contribution in [2.45, 2.75) is 12.8 Å². The van der Waals surface area contributed by atoms with Crippen molar-refractivity contribution in [1.82, 2.24) is 14.9 Å². The van der Waals surface area contributed by atoms with Gasteiger partial charge in [0.2, 0.25) is 17.8 Å². The highest BCUT2D eigenvalue weighted by Crippen LogP contribution is 2.48. The second-order valence-corrected chi connectivity index (χ2v) is 7.09. The fourth-order valence-electron chi connectivity index (χ4n) is 3.45. The molecule has 28 heavy (non-hydrogen) atoms. The Hall–Kier alpha value is -3.16. The summed E-state index contributed by atoms with van der Waals surface area (Å²) >= 11 is 0. The molecule has 8 heteroatoms. The first-order valence-corrected chi connectivity index (χ1v) is 9.39. The molecular weight excluding hydrogens is 358 g/mol. The van der Waals surface area contributed by atoms with Gasteiger partial charge in [0.15, 0.2) is 0 Å². The minimum absolute atomic E-state index is 0.0767. The lowest BCUT2D eigenvalue weighted by molar-refractivity contribution is -0.142. The number of nitrogens with one attached hydrogen (secondary N) is 1. The maximum absolute atomic E-state index is 13.1. The number of benzene rings is 1. The highest BCUT2D eigenvalue weighted by molar-refractivity contribution is 6.13. The molecule has 1 aromatic carbocycles. The largest absolute Gasteiger partial charge is 0.497 e. The highest BCUT2D eigenvalue weighted by Gasteiger charge is 2.58. The third kappa shape index (κ3) is 3.49.